The van der Waals surface area contributed by atoms with Gasteiger partial charge in [0.1, 0.15) is 5.60 Å². The van der Waals surface area contributed by atoms with Gasteiger partial charge in [0.05, 0.1) is 0 Å². The van der Waals surface area contributed by atoms with Crippen molar-refractivity contribution in [2.24, 2.45) is 10.9 Å². The molecule has 1 unspecified atom stereocenters. The molecule has 0 rings (SSSR count). The molecule has 0 aliphatic rings. The van der Waals surface area contributed by atoms with Crippen LogP contribution in [0.5, 0.6) is 0 Å². The van der Waals surface area contributed by atoms with Crippen LogP contribution >= 0.6 is 0 Å². The van der Waals surface area contributed by atoms with Gasteiger partial charge in [0.2, 0.25) is 6.08 Å². The van der Waals surface area contributed by atoms with Gasteiger partial charge in [-0.3, -0.25) is 0 Å². The Balaban J connectivity index is 4.64. The molecule has 0 saturated heterocycles. The van der Waals surface area contributed by atoms with Crippen molar-refractivity contribution in [3.63, 3.8) is 0 Å². The van der Waals surface area contributed by atoms with E-state index in [-0.39, 0.29) is 5.92 Å². The monoisotopic (exact) mass is 213 g/mol. The van der Waals surface area contributed by atoms with Gasteiger partial charge in [-0.05, 0) is 26.7 Å². The summed E-state index contributed by atoms with van der Waals surface area (Å²) in [6.07, 6.45) is 2.18. The lowest BCUT2D eigenvalue weighted by Crippen LogP contribution is -2.34. The van der Waals surface area contributed by atoms with Crippen molar-refractivity contribution in [3.05, 3.63) is 0 Å². The summed E-state index contributed by atoms with van der Waals surface area (Å²) in [6, 6.07) is -0.730. The Kier molecular flexibility index (Phi) is 5.23. The standard InChI is InChI=1S/C11H19NO3/c1-6-8(2)9(12-7-13)10(14)15-11(3,4)5/h8-9H,6H2,1-5H3/t8?,9-/m1/s1. The summed E-state index contributed by atoms with van der Waals surface area (Å²) in [7, 11) is 0. The molecule has 0 fully saturated rings. The Morgan fingerprint density at radius 3 is 2.33 bits per heavy atom. The van der Waals surface area contributed by atoms with E-state index in [4.69, 9.17) is 4.74 Å². The van der Waals surface area contributed by atoms with Gasteiger partial charge >= 0.3 is 5.97 Å². The van der Waals surface area contributed by atoms with Crippen LogP contribution in [-0.2, 0) is 14.3 Å². The zero-order chi connectivity index (χ0) is 12.1. The number of aliphatic imine (C=N–C) groups is 1. The van der Waals surface area contributed by atoms with Crippen LogP contribution in [0.3, 0.4) is 0 Å². The number of carbonyl (C=O) groups is 1. The van der Waals surface area contributed by atoms with Crippen molar-refractivity contribution in [3.8, 4) is 0 Å². The molecule has 2 atom stereocenters. The van der Waals surface area contributed by atoms with Crippen LogP contribution in [0.25, 0.3) is 0 Å². The molecule has 0 radical (unpaired) electrons. The molecule has 0 spiro atoms. The third-order valence-corrected chi connectivity index (χ3v) is 2.02. The van der Waals surface area contributed by atoms with Gasteiger partial charge < -0.3 is 4.74 Å². The van der Waals surface area contributed by atoms with Crippen LogP contribution in [0.15, 0.2) is 4.99 Å². The van der Waals surface area contributed by atoms with Crippen molar-refractivity contribution in [1.82, 2.24) is 0 Å². The highest BCUT2D eigenvalue weighted by Gasteiger charge is 2.28. The normalized spacial score (nSPS) is 15.0. The van der Waals surface area contributed by atoms with Gasteiger partial charge in [0.25, 0.3) is 0 Å². The van der Waals surface area contributed by atoms with E-state index in [1.165, 1.54) is 6.08 Å². The number of hydrogen-bond donors (Lipinski definition) is 0. The average molecular weight is 213 g/mol. The van der Waals surface area contributed by atoms with Crippen molar-refractivity contribution >= 4 is 12.0 Å². The van der Waals surface area contributed by atoms with Gasteiger partial charge in [0, 0.05) is 0 Å². The predicted octanol–water partition coefficient (Wildman–Crippen LogP) is 2.08. The Labute approximate surface area is 90.7 Å². The minimum absolute atomic E-state index is 0.0127. The summed E-state index contributed by atoms with van der Waals surface area (Å²) < 4.78 is 5.16. The highest BCUT2D eigenvalue weighted by molar-refractivity contribution is 5.77. The lowest BCUT2D eigenvalue weighted by molar-refractivity contribution is -0.157. The fraction of sp³-hybridized carbons (Fsp3) is 0.818. The number of isocyanates is 1. The van der Waals surface area contributed by atoms with E-state index in [0.29, 0.717) is 0 Å². The largest absolute Gasteiger partial charge is 0.458 e. The van der Waals surface area contributed by atoms with E-state index in [1.54, 1.807) is 20.8 Å². The van der Waals surface area contributed by atoms with Crippen molar-refractivity contribution in [2.45, 2.75) is 52.7 Å². The second-order valence-electron chi connectivity index (χ2n) is 4.58. The SMILES string of the molecule is CCC(C)[C@@H](N=C=O)C(=O)OC(C)(C)C. The summed E-state index contributed by atoms with van der Waals surface area (Å²) >= 11 is 0. The lowest BCUT2D eigenvalue weighted by Gasteiger charge is -2.23. The molecule has 0 aliphatic carbocycles. The Morgan fingerprint density at radius 2 is 2.00 bits per heavy atom. The van der Waals surface area contributed by atoms with E-state index in [2.05, 4.69) is 4.99 Å². The van der Waals surface area contributed by atoms with Crippen LogP contribution in [0.2, 0.25) is 0 Å². The first-order chi connectivity index (χ1) is 6.81. The van der Waals surface area contributed by atoms with E-state index >= 15 is 0 Å². The quantitative estimate of drug-likeness (QED) is 0.408. The Morgan fingerprint density at radius 1 is 1.47 bits per heavy atom. The van der Waals surface area contributed by atoms with Crippen molar-refractivity contribution < 1.29 is 14.3 Å². The van der Waals surface area contributed by atoms with Crippen LogP contribution in [0, 0.1) is 5.92 Å². The van der Waals surface area contributed by atoms with E-state index in [9.17, 15) is 9.59 Å². The summed E-state index contributed by atoms with van der Waals surface area (Å²) in [5.74, 6) is -0.471. The minimum atomic E-state index is -0.730. The smallest absolute Gasteiger partial charge is 0.332 e. The summed E-state index contributed by atoms with van der Waals surface area (Å²) in [5, 5.41) is 0. The molecule has 0 aliphatic heterocycles. The molecule has 86 valence electrons. The fourth-order valence-corrected chi connectivity index (χ4v) is 1.05. The van der Waals surface area contributed by atoms with Gasteiger partial charge in [-0.15, -0.1) is 0 Å². The molecular formula is C11H19NO3. The zero-order valence-electron chi connectivity index (χ0n) is 10.0. The van der Waals surface area contributed by atoms with Crippen LogP contribution in [-0.4, -0.2) is 23.7 Å². The van der Waals surface area contributed by atoms with Gasteiger partial charge in [-0.25, -0.2) is 9.59 Å². The van der Waals surface area contributed by atoms with Gasteiger partial charge in [0.15, 0.2) is 6.04 Å². The summed E-state index contributed by atoms with van der Waals surface area (Å²) in [5.41, 5.74) is -0.554. The van der Waals surface area contributed by atoms with Crippen LogP contribution in [0.1, 0.15) is 41.0 Å². The molecule has 0 amide bonds. The van der Waals surface area contributed by atoms with Crippen LogP contribution < -0.4 is 0 Å². The molecule has 0 aromatic heterocycles. The molecule has 4 nitrogen and oxygen atoms in total. The number of ether oxygens (including phenoxy) is 1. The third kappa shape index (κ3) is 5.33. The molecule has 0 aromatic carbocycles. The minimum Gasteiger partial charge on any atom is -0.458 e. The predicted molar refractivity (Wildman–Crippen MR) is 57.2 cm³/mol. The number of esters is 1. The molecule has 15 heavy (non-hydrogen) atoms. The van der Waals surface area contributed by atoms with Gasteiger partial charge in [-0.1, -0.05) is 20.3 Å². The molecule has 0 aromatic rings. The molecule has 4 heteroatoms. The Bertz CT molecular complexity index is 261. The maximum atomic E-state index is 11.7. The highest BCUT2D eigenvalue weighted by atomic mass is 16.6. The van der Waals surface area contributed by atoms with Crippen molar-refractivity contribution in [2.75, 3.05) is 0 Å². The molecule has 0 heterocycles. The first-order valence-corrected chi connectivity index (χ1v) is 5.11. The Hall–Kier alpha value is -1.15. The lowest BCUT2D eigenvalue weighted by atomic mass is 10.00. The van der Waals surface area contributed by atoms with Crippen LogP contribution in [0.4, 0.5) is 0 Å². The number of hydrogen-bond acceptors (Lipinski definition) is 4. The maximum Gasteiger partial charge on any atom is 0.332 e. The second kappa shape index (κ2) is 5.66. The average Bonchev–Trinajstić information content (AvgIpc) is 2.10. The first-order valence-electron chi connectivity index (χ1n) is 5.11. The fourth-order valence-electron chi connectivity index (χ4n) is 1.05. The molecule has 0 N–H and O–H groups in total. The number of nitrogens with zero attached hydrogens (tertiary/aromatic N) is 1. The second-order valence-corrected chi connectivity index (χ2v) is 4.58. The number of rotatable bonds is 4. The first kappa shape index (κ1) is 13.8. The molecule has 0 saturated carbocycles. The molecular weight excluding hydrogens is 194 g/mol. The topological polar surface area (TPSA) is 55.7 Å². The van der Waals surface area contributed by atoms with E-state index in [0.717, 1.165) is 6.42 Å². The number of carbonyl (C=O) groups excluding carboxylic acids is 2. The van der Waals surface area contributed by atoms with E-state index in [1.807, 2.05) is 13.8 Å². The maximum absolute atomic E-state index is 11.7. The van der Waals surface area contributed by atoms with E-state index < -0.39 is 17.6 Å². The summed E-state index contributed by atoms with van der Waals surface area (Å²) in [6.45, 7) is 9.13. The highest BCUT2D eigenvalue weighted by Crippen LogP contribution is 2.16. The third-order valence-electron chi connectivity index (χ3n) is 2.02. The van der Waals surface area contributed by atoms with Gasteiger partial charge in [-0.2, -0.15) is 4.99 Å². The molecule has 0 bridgehead atoms. The van der Waals surface area contributed by atoms with Crippen molar-refractivity contribution in [1.29, 1.82) is 0 Å². The summed E-state index contributed by atoms with van der Waals surface area (Å²) in [4.78, 5) is 25.4. The zero-order valence-corrected chi connectivity index (χ0v) is 10.0.